The van der Waals surface area contributed by atoms with Gasteiger partial charge in [-0.25, -0.2) is 13.6 Å². The van der Waals surface area contributed by atoms with Crippen molar-refractivity contribution in [1.29, 1.82) is 0 Å². The van der Waals surface area contributed by atoms with Crippen LogP contribution in [0.2, 0.25) is 0 Å². The van der Waals surface area contributed by atoms with E-state index in [-0.39, 0.29) is 62.9 Å². The predicted molar refractivity (Wildman–Crippen MR) is 272 cm³/mol. The number of nitrogens with zero attached hydrogens (tertiary/aromatic N) is 4. The van der Waals surface area contributed by atoms with Gasteiger partial charge >= 0.3 is 5.97 Å². The molecule has 0 bridgehead atoms. The Morgan fingerprint density at radius 2 is 1.49 bits per heavy atom. The summed E-state index contributed by atoms with van der Waals surface area (Å²) in [7, 11) is 0. The van der Waals surface area contributed by atoms with E-state index in [2.05, 4.69) is 26.3 Å². The molecule has 0 aliphatic carbocycles. The number of primary amides is 1. The number of carbonyl (C=O) groups excluding carboxylic acids is 10. The first-order valence-corrected chi connectivity index (χ1v) is 25.0. The van der Waals surface area contributed by atoms with Crippen LogP contribution in [-0.4, -0.2) is 121 Å². The van der Waals surface area contributed by atoms with Crippen molar-refractivity contribution in [3.63, 3.8) is 0 Å². The third-order valence-corrected chi connectivity index (χ3v) is 12.5. The van der Waals surface area contributed by atoms with E-state index >= 15 is 4.39 Å². The second kappa shape index (κ2) is 27.5. The van der Waals surface area contributed by atoms with E-state index in [1.807, 2.05) is 30.3 Å². The molecule has 1 aliphatic heterocycles. The number of aliphatic hydroxyl groups excluding tert-OH is 1. The number of rotatable bonds is 27. The molecule has 0 spiro atoms. The molecule has 0 saturated carbocycles. The first kappa shape index (κ1) is 59.7. The average Bonchev–Trinajstić information content (AvgIpc) is 3.93. The van der Waals surface area contributed by atoms with Crippen molar-refractivity contribution in [2.24, 2.45) is 17.1 Å². The number of hydrogen-bond donors (Lipinski definition) is 6. The summed E-state index contributed by atoms with van der Waals surface area (Å²) in [5, 5.41) is 21.0. The number of hydrogen-bond acceptors (Lipinski definition) is 13. The second-order valence-electron chi connectivity index (χ2n) is 19.8. The molecule has 5 rings (SSSR count). The first-order chi connectivity index (χ1) is 36.4. The third-order valence-electron chi connectivity index (χ3n) is 12.5. The number of halogens is 2. The third kappa shape index (κ3) is 17.4. The lowest BCUT2D eigenvalue weighted by Crippen LogP contribution is -2.56. The zero-order valence-electron chi connectivity index (χ0n) is 43.5. The van der Waals surface area contributed by atoms with Crippen LogP contribution in [0, 0.1) is 23.0 Å². The van der Waals surface area contributed by atoms with Gasteiger partial charge < -0.3 is 46.4 Å². The van der Waals surface area contributed by atoms with Gasteiger partial charge in [-0.05, 0) is 72.7 Å². The Morgan fingerprint density at radius 3 is 2.13 bits per heavy atom. The highest BCUT2D eigenvalue weighted by molar-refractivity contribution is 6.01. The molecule has 412 valence electrons. The van der Waals surface area contributed by atoms with Gasteiger partial charge in [-0.2, -0.15) is 0 Å². The molecule has 0 radical (unpaired) electrons. The molecule has 8 amide bonds. The number of ketones is 1. The highest BCUT2D eigenvalue weighted by atomic mass is 19.1. The van der Waals surface area contributed by atoms with E-state index in [0.717, 1.165) is 23.8 Å². The van der Waals surface area contributed by atoms with Crippen LogP contribution >= 0.6 is 0 Å². The molecule has 1 fully saturated rings. The largest absolute Gasteiger partial charge is 0.387 e. The molecule has 0 unspecified atom stereocenters. The first-order valence-electron chi connectivity index (χ1n) is 25.0. The van der Waals surface area contributed by atoms with Crippen molar-refractivity contribution in [3.8, 4) is 11.1 Å². The molecule has 1 aliphatic rings. The zero-order chi connectivity index (χ0) is 56.6. The lowest BCUT2D eigenvalue weighted by atomic mass is 9.82. The number of hydroxylamine groups is 2. The highest BCUT2D eigenvalue weighted by Gasteiger charge is 2.39. The van der Waals surface area contributed by atoms with Crippen LogP contribution in [-0.2, 0) is 65.7 Å². The monoisotopic (exact) mass is 1070 g/mol. The molecule has 2 aromatic carbocycles. The van der Waals surface area contributed by atoms with Crippen molar-refractivity contribution in [2.45, 2.75) is 117 Å². The van der Waals surface area contributed by atoms with E-state index in [1.165, 1.54) is 31.1 Å². The summed E-state index contributed by atoms with van der Waals surface area (Å²) < 4.78 is 31.8. The number of carbonyl (C=O) groups is 10. The lowest BCUT2D eigenvalue weighted by Gasteiger charge is -2.41. The highest BCUT2D eigenvalue weighted by Crippen LogP contribution is 2.41. The van der Waals surface area contributed by atoms with E-state index in [4.69, 9.17) is 10.6 Å². The molecule has 23 heteroatoms. The Kier molecular flexibility index (Phi) is 21.3. The average molecular weight is 1070 g/mol. The molecule has 4 aromatic rings. The Morgan fingerprint density at radius 1 is 0.831 bits per heavy atom. The van der Waals surface area contributed by atoms with E-state index in [9.17, 15) is 57.4 Å². The minimum atomic E-state index is -1.71. The van der Waals surface area contributed by atoms with Gasteiger partial charge in [0.1, 0.15) is 30.3 Å². The molecular weight excluding hydrogens is 1000 g/mol. The quantitative estimate of drug-likeness (QED) is 0.0370. The predicted octanol–water partition coefficient (Wildman–Crippen LogP) is 2.87. The van der Waals surface area contributed by atoms with Gasteiger partial charge in [0.05, 0.1) is 24.9 Å². The number of nitrogens with one attached hydrogen (secondary N) is 4. The van der Waals surface area contributed by atoms with Crippen molar-refractivity contribution < 1.29 is 66.7 Å². The van der Waals surface area contributed by atoms with Crippen molar-refractivity contribution in [2.75, 3.05) is 19.7 Å². The molecule has 21 nitrogen and oxygen atoms in total. The number of imide groups is 1. The summed E-state index contributed by atoms with van der Waals surface area (Å²) in [4.78, 5) is 141. The number of Topliss-reactive ketones (excluding diaryl/α,β-unsaturated/α-hetero) is 1. The molecule has 77 heavy (non-hydrogen) atoms. The van der Waals surface area contributed by atoms with Crippen LogP contribution in [0.25, 0.3) is 11.1 Å². The maximum atomic E-state index is 15.4. The Bertz CT molecular complexity index is 2790. The SMILES string of the molecule is C[C@H](NC(=O)Cc1ccncc1)C(=O)C[C@H](C)C(=O)N[C@@H](CC(N)=O)C(=O)N[C@@H](CCN(C(=O)CO)[C@@H](c1cc(-c2cc(F)ccc2F)cn1Cc1ccccc1)C(C)(C)C)C(=O)NCCCC(=O)ON1C(=O)CCC1=O. The number of amides is 8. The number of nitrogens with two attached hydrogens (primary N) is 1. The van der Waals surface area contributed by atoms with Gasteiger partial charge in [-0.1, -0.05) is 58.0 Å². The molecular formula is C54H65F2N9O12. The Hall–Kier alpha value is -8.21. The fourth-order valence-corrected chi connectivity index (χ4v) is 8.64. The van der Waals surface area contributed by atoms with E-state index < -0.39 is 132 Å². The maximum Gasteiger partial charge on any atom is 0.333 e. The molecule has 3 heterocycles. The molecule has 1 saturated heterocycles. The normalized spacial score (nSPS) is 14.4. The number of benzene rings is 2. The van der Waals surface area contributed by atoms with Gasteiger partial charge in [-0.15, -0.1) is 5.06 Å². The van der Waals surface area contributed by atoms with Crippen LogP contribution in [0.1, 0.15) is 102 Å². The lowest BCUT2D eigenvalue weighted by molar-refractivity contribution is -0.197. The maximum absolute atomic E-state index is 15.4. The molecule has 5 atom stereocenters. The summed E-state index contributed by atoms with van der Waals surface area (Å²) in [5.41, 5.74) is 6.72. The van der Waals surface area contributed by atoms with Gasteiger partial charge in [0.25, 0.3) is 11.8 Å². The summed E-state index contributed by atoms with van der Waals surface area (Å²) in [6.07, 6.45) is 2.35. The van der Waals surface area contributed by atoms with Crippen molar-refractivity contribution >= 4 is 59.0 Å². The van der Waals surface area contributed by atoms with Crippen LogP contribution < -0.4 is 27.0 Å². The van der Waals surface area contributed by atoms with Crippen LogP contribution in [0.5, 0.6) is 0 Å². The van der Waals surface area contributed by atoms with E-state index in [1.54, 1.807) is 49.7 Å². The summed E-state index contributed by atoms with van der Waals surface area (Å²) >= 11 is 0. The summed E-state index contributed by atoms with van der Waals surface area (Å²) in [5.74, 6) is -10.5. The minimum Gasteiger partial charge on any atom is -0.387 e. The van der Waals surface area contributed by atoms with Crippen LogP contribution in [0.15, 0.2) is 85.3 Å². The second-order valence-corrected chi connectivity index (χ2v) is 19.8. The van der Waals surface area contributed by atoms with Gasteiger partial charge in [0, 0.05) is 86.6 Å². The van der Waals surface area contributed by atoms with Crippen molar-refractivity contribution in [1.82, 2.24) is 40.8 Å². The van der Waals surface area contributed by atoms with Gasteiger partial charge in [-0.3, -0.25) is 48.1 Å². The summed E-state index contributed by atoms with van der Waals surface area (Å²) in [6, 6.07) is 11.8. The fourth-order valence-electron chi connectivity index (χ4n) is 8.64. The fraction of sp³-hybridized carbons (Fsp3) is 0.426. The number of aromatic nitrogens is 2. The molecule has 7 N–H and O–H groups in total. The number of pyridine rings is 1. The Balaban J connectivity index is 1.41. The van der Waals surface area contributed by atoms with Crippen LogP contribution in [0.4, 0.5) is 8.78 Å². The topological polar surface area (TPSA) is 299 Å². The van der Waals surface area contributed by atoms with Gasteiger partial charge in [0.15, 0.2) is 5.78 Å². The Labute approximate surface area is 443 Å². The smallest absolute Gasteiger partial charge is 0.333 e. The molecule has 2 aromatic heterocycles. The van der Waals surface area contributed by atoms with Crippen molar-refractivity contribution in [3.05, 3.63) is 114 Å². The number of aliphatic hydroxyl groups is 1. The van der Waals surface area contributed by atoms with Gasteiger partial charge in [0.2, 0.25) is 35.4 Å². The van der Waals surface area contributed by atoms with Crippen LogP contribution in [0.3, 0.4) is 0 Å². The standard InChI is InChI=1S/C54H65F2N9O12/c1-32(24-43(67)33(2)60-45(69)25-34-17-21-58-22-18-34)51(74)62-41(28-44(57)68)53(76)61-40(52(75)59-20-9-12-49(73)77-65-46(70)15-16-47(65)71)19-23-64(48(72)31-66)50(54(3,4)5)42-26-36(38-27-37(55)13-14-39(38)56)30-63(42)29-35-10-7-6-8-11-35/h6-8,10-11,13-14,17-18,21-22,26-27,30,32-33,40-41,50,66H,9,12,15-16,19-20,23-25,28-29,31H2,1-5H3,(H2,57,68)(H,59,75)(H,60,69)(H,61,76)(H,62,74)/t32-,33-,40-,41-,50-/m0/s1. The minimum absolute atomic E-state index is 0.0318. The van der Waals surface area contributed by atoms with E-state index in [0.29, 0.717) is 16.3 Å². The summed E-state index contributed by atoms with van der Waals surface area (Å²) in [6.45, 7) is 6.82. The zero-order valence-corrected chi connectivity index (χ0v) is 43.5.